The second-order valence-electron chi connectivity index (χ2n) is 3.43. The number of nitrogens with two attached hydrogens (primary N) is 1. The van der Waals surface area contributed by atoms with Crippen LogP contribution < -0.4 is 5.73 Å². The Morgan fingerprint density at radius 1 is 1.43 bits per heavy atom. The fourth-order valence-electron chi connectivity index (χ4n) is 1.69. The molecule has 1 heterocycles. The van der Waals surface area contributed by atoms with E-state index in [0.717, 1.165) is 16.9 Å². The van der Waals surface area contributed by atoms with Crippen molar-refractivity contribution in [1.29, 1.82) is 0 Å². The van der Waals surface area contributed by atoms with E-state index in [-0.39, 0.29) is 11.0 Å². The highest BCUT2D eigenvalue weighted by molar-refractivity contribution is 8.00. The molecule has 2 unspecified atom stereocenters. The van der Waals surface area contributed by atoms with Crippen molar-refractivity contribution in [2.75, 3.05) is 0 Å². The Hall–Kier alpha value is -0.800. The lowest BCUT2D eigenvalue weighted by Gasteiger charge is -2.26. The molecular formula is C11H13NOS. The van der Waals surface area contributed by atoms with Crippen molar-refractivity contribution in [3.8, 4) is 0 Å². The lowest BCUT2D eigenvalue weighted by Crippen LogP contribution is -2.33. The minimum absolute atomic E-state index is 0.0416. The lowest BCUT2D eigenvalue weighted by atomic mass is 10.00. The highest BCUT2D eigenvalue weighted by Gasteiger charge is 2.31. The molecule has 0 saturated carbocycles. The summed E-state index contributed by atoms with van der Waals surface area (Å²) in [5.74, 6) is 0.163. The normalized spacial score (nSPS) is 26.0. The first kappa shape index (κ1) is 9.74. The number of benzene rings is 1. The van der Waals surface area contributed by atoms with Crippen LogP contribution in [0.1, 0.15) is 24.9 Å². The molecule has 1 aliphatic heterocycles. The van der Waals surface area contributed by atoms with Gasteiger partial charge >= 0.3 is 0 Å². The van der Waals surface area contributed by atoms with E-state index in [0.29, 0.717) is 0 Å². The third-order valence-electron chi connectivity index (χ3n) is 2.52. The third kappa shape index (κ3) is 1.47. The molecule has 2 nitrogen and oxygen atoms in total. The molecule has 1 aliphatic rings. The quantitative estimate of drug-likeness (QED) is 0.767. The molecule has 14 heavy (non-hydrogen) atoms. The van der Waals surface area contributed by atoms with Crippen LogP contribution in [0.15, 0.2) is 29.2 Å². The number of hydrogen-bond donors (Lipinski definition) is 1. The molecule has 0 amide bonds. The molecule has 0 bridgehead atoms. The summed E-state index contributed by atoms with van der Waals surface area (Å²) >= 11 is 1.64. The second kappa shape index (κ2) is 3.75. The first-order chi connectivity index (χ1) is 6.74. The highest BCUT2D eigenvalue weighted by atomic mass is 32.2. The monoisotopic (exact) mass is 207 g/mol. The van der Waals surface area contributed by atoms with Crippen LogP contribution in [0, 0.1) is 0 Å². The van der Waals surface area contributed by atoms with Gasteiger partial charge < -0.3 is 5.73 Å². The van der Waals surface area contributed by atoms with Gasteiger partial charge in [0.15, 0.2) is 5.78 Å². The van der Waals surface area contributed by atoms with E-state index < -0.39 is 6.04 Å². The Labute approximate surface area is 87.9 Å². The maximum atomic E-state index is 11.8. The number of hydrogen-bond acceptors (Lipinski definition) is 3. The number of Topliss-reactive ketones (excluding diaryl/α,β-unsaturated/α-hetero) is 1. The van der Waals surface area contributed by atoms with Crippen molar-refractivity contribution in [2.45, 2.75) is 29.5 Å². The maximum Gasteiger partial charge on any atom is 0.167 e. The highest BCUT2D eigenvalue weighted by Crippen LogP contribution is 2.38. The number of thioether (sulfide) groups is 1. The number of rotatable bonds is 1. The summed E-state index contributed by atoms with van der Waals surface area (Å²) in [7, 11) is 0. The summed E-state index contributed by atoms with van der Waals surface area (Å²) in [6.07, 6.45) is 0.853. The first-order valence-electron chi connectivity index (χ1n) is 4.79. The number of fused-ring (bicyclic) bond motifs is 1. The first-order valence-corrected chi connectivity index (χ1v) is 5.67. The summed E-state index contributed by atoms with van der Waals surface area (Å²) in [5.41, 5.74) is 6.87. The van der Waals surface area contributed by atoms with E-state index in [1.807, 2.05) is 31.2 Å². The second-order valence-corrected chi connectivity index (χ2v) is 4.68. The minimum atomic E-state index is -0.419. The van der Waals surface area contributed by atoms with Gasteiger partial charge in [0.25, 0.3) is 0 Å². The van der Waals surface area contributed by atoms with Gasteiger partial charge in [0.2, 0.25) is 0 Å². The van der Waals surface area contributed by atoms with Gasteiger partial charge in [0.05, 0.1) is 11.3 Å². The Bertz CT molecular complexity index is 364. The van der Waals surface area contributed by atoms with Gasteiger partial charge in [-0.15, -0.1) is 11.8 Å². The van der Waals surface area contributed by atoms with Crippen LogP contribution in [0.25, 0.3) is 0 Å². The summed E-state index contributed by atoms with van der Waals surface area (Å²) in [4.78, 5) is 12.9. The average molecular weight is 207 g/mol. The summed E-state index contributed by atoms with van der Waals surface area (Å²) in [6, 6.07) is 7.48. The van der Waals surface area contributed by atoms with Crippen LogP contribution >= 0.6 is 11.8 Å². The van der Waals surface area contributed by atoms with Crippen LogP contribution in [0.2, 0.25) is 0 Å². The molecule has 2 N–H and O–H groups in total. The Kier molecular flexibility index (Phi) is 2.61. The minimum Gasteiger partial charge on any atom is -0.318 e. The summed E-state index contributed by atoms with van der Waals surface area (Å²) in [6.45, 7) is 2.02. The maximum absolute atomic E-state index is 11.8. The smallest absolute Gasteiger partial charge is 0.167 e. The molecule has 1 aromatic rings. The number of carbonyl (C=O) groups is 1. The molecule has 0 aliphatic carbocycles. The van der Waals surface area contributed by atoms with Crippen LogP contribution in [-0.4, -0.2) is 11.0 Å². The predicted octanol–water partition coefficient (Wildman–Crippen LogP) is 2.14. The van der Waals surface area contributed by atoms with E-state index in [4.69, 9.17) is 5.73 Å². The van der Waals surface area contributed by atoms with E-state index in [2.05, 4.69) is 0 Å². The van der Waals surface area contributed by atoms with Gasteiger partial charge in [0, 0.05) is 4.90 Å². The third-order valence-corrected chi connectivity index (χ3v) is 3.99. The molecule has 0 aromatic heterocycles. The molecule has 74 valence electrons. The van der Waals surface area contributed by atoms with E-state index in [1.54, 1.807) is 11.8 Å². The standard InChI is InChI=1S/C11H13NOS/c1-2-8-11(13)10(12)7-5-3-4-6-9(7)14-8/h3-6,8,10H,2,12H2,1H3. The predicted molar refractivity (Wildman–Crippen MR) is 58.3 cm³/mol. The molecule has 1 aromatic carbocycles. The van der Waals surface area contributed by atoms with Crippen molar-refractivity contribution < 1.29 is 4.79 Å². The zero-order valence-corrected chi connectivity index (χ0v) is 8.88. The molecule has 0 saturated heterocycles. The van der Waals surface area contributed by atoms with Crippen molar-refractivity contribution in [1.82, 2.24) is 0 Å². The van der Waals surface area contributed by atoms with Crippen molar-refractivity contribution in [3.63, 3.8) is 0 Å². The van der Waals surface area contributed by atoms with Crippen molar-refractivity contribution in [2.24, 2.45) is 5.73 Å². The van der Waals surface area contributed by atoms with E-state index in [1.165, 1.54) is 0 Å². The molecule has 2 atom stereocenters. The van der Waals surface area contributed by atoms with Crippen LogP contribution in [0.3, 0.4) is 0 Å². The van der Waals surface area contributed by atoms with Gasteiger partial charge in [-0.2, -0.15) is 0 Å². The zero-order valence-electron chi connectivity index (χ0n) is 8.07. The molecule has 0 radical (unpaired) electrons. The van der Waals surface area contributed by atoms with Gasteiger partial charge in [-0.25, -0.2) is 0 Å². The fraction of sp³-hybridized carbons (Fsp3) is 0.364. The van der Waals surface area contributed by atoms with Crippen LogP contribution in [-0.2, 0) is 4.79 Å². The SMILES string of the molecule is CCC1Sc2ccccc2C(N)C1=O. The van der Waals surface area contributed by atoms with Crippen molar-refractivity contribution in [3.05, 3.63) is 29.8 Å². The molecule has 0 fully saturated rings. The van der Waals surface area contributed by atoms with Gasteiger partial charge in [-0.3, -0.25) is 4.79 Å². The molecule has 2 rings (SSSR count). The summed E-state index contributed by atoms with van der Waals surface area (Å²) in [5, 5.41) is 0.0416. The zero-order chi connectivity index (χ0) is 10.1. The average Bonchev–Trinajstić information content (AvgIpc) is 2.23. The van der Waals surface area contributed by atoms with E-state index >= 15 is 0 Å². The number of carbonyl (C=O) groups excluding carboxylic acids is 1. The fourth-order valence-corrected chi connectivity index (χ4v) is 2.92. The number of ketones is 1. The molecule has 0 spiro atoms. The molecular weight excluding hydrogens is 194 g/mol. The van der Waals surface area contributed by atoms with Crippen LogP contribution in [0.4, 0.5) is 0 Å². The lowest BCUT2D eigenvalue weighted by molar-refractivity contribution is -0.120. The Morgan fingerprint density at radius 3 is 2.86 bits per heavy atom. The Morgan fingerprint density at radius 2 is 2.14 bits per heavy atom. The topological polar surface area (TPSA) is 43.1 Å². The van der Waals surface area contributed by atoms with E-state index in [9.17, 15) is 4.79 Å². The van der Waals surface area contributed by atoms with Gasteiger partial charge in [-0.05, 0) is 18.1 Å². The largest absolute Gasteiger partial charge is 0.318 e. The molecule has 3 heteroatoms. The van der Waals surface area contributed by atoms with Crippen LogP contribution in [0.5, 0.6) is 0 Å². The van der Waals surface area contributed by atoms with Crippen molar-refractivity contribution >= 4 is 17.5 Å². The van der Waals surface area contributed by atoms with Gasteiger partial charge in [0.1, 0.15) is 0 Å². The van der Waals surface area contributed by atoms with Gasteiger partial charge in [-0.1, -0.05) is 25.1 Å². The summed E-state index contributed by atoms with van der Waals surface area (Å²) < 4.78 is 0. The Balaban J connectivity index is 2.42.